The van der Waals surface area contributed by atoms with Crippen molar-refractivity contribution < 1.29 is 14.3 Å². The summed E-state index contributed by atoms with van der Waals surface area (Å²) >= 11 is 0. The molecule has 0 aromatic heterocycles. The molecular formula is C10H19N3O3. The SMILES string of the molecule is COCCNC(=O)CN1CCCC(N)C1=O. The summed E-state index contributed by atoms with van der Waals surface area (Å²) in [5.41, 5.74) is 5.62. The van der Waals surface area contributed by atoms with Crippen molar-refractivity contribution in [3.8, 4) is 0 Å². The third-order valence-electron chi connectivity index (χ3n) is 2.53. The molecule has 6 heteroatoms. The zero-order chi connectivity index (χ0) is 12.0. The number of likely N-dealkylation sites (tertiary alicyclic amines) is 1. The van der Waals surface area contributed by atoms with Gasteiger partial charge >= 0.3 is 0 Å². The number of amides is 2. The molecule has 92 valence electrons. The van der Waals surface area contributed by atoms with Crippen LogP contribution in [-0.2, 0) is 14.3 Å². The molecule has 1 atom stereocenters. The Balaban J connectivity index is 2.29. The highest BCUT2D eigenvalue weighted by molar-refractivity contribution is 5.87. The molecule has 3 N–H and O–H groups in total. The molecule has 1 aliphatic heterocycles. The molecule has 16 heavy (non-hydrogen) atoms. The fourth-order valence-corrected chi connectivity index (χ4v) is 1.65. The monoisotopic (exact) mass is 229 g/mol. The lowest BCUT2D eigenvalue weighted by Gasteiger charge is -2.29. The van der Waals surface area contributed by atoms with E-state index in [4.69, 9.17) is 10.5 Å². The van der Waals surface area contributed by atoms with E-state index in [2.05, 4.69) is 5.32 Å². The lowest BCUT2D eigenvalue weighted by Crippen LogP contribution is -2.51. The first-order valence-corrected chi connectivity index (χ1v) is 5.45. The van der Waals surface area contributed by atoms with Gasteiger partial charge in [0.15, 0.2) is 0 Å². The summed E-state index contributed by atoms with van der Waals surface area (Å²) in [6, 6.07) is -0.444. The molecule has 0 saturated carbocycles. The van der Waals surface area contributed by atoms with E-state index in [9.17, 15) is 9.59 Å². The van der Waals surface area contributed by atoms with Crippen LogP contribution in [0, 0.1) is 0 Å². The van der Waals surface area contributed by atoms with Crippen LogP contribution in [0.25, 0.3) is 0 Å². The molecule has 1 saturated heterocycles. The zero-order valence-corrected chi connectivity index (χ0v) is 9.57. The maximum Gasteiger partial charge on any atom is 0.239 e. The standard InChI is InChI=1S/C10H19N3O3/c1-16-6-4-12-9(14)7-13-5-2-3-8(11)10(13)15/h8H,2-7,11H2,1H3,(H,12,14). The molecule has 1 aliphatic rings. The Morgan fingerprint density at radius 3 is 3.12 bits per heavy atom. The number of nitrogens with two attached hydrogens (primary N) is 1. The number of rotatable bonds is 5. The summed E-state index contributed by atoms with van der Waals surface area (Å²) in [5, 5.41) is 2.67. The molecule has 6 nitrogen and oxygen atoms in total. The average molecular weight is 229 g/mol. The first-order valence-electron chi connectivity index (χ1n) is 5.45. The van der Waals surface area contributed by atoms with Gasteiger partial charge in [-0.25, -0.2) is 0 Å². The number of carbonyl (C=O) groups excluding carboxylic acids is 2. The molecule has 0 aromatic rings. The minimum Gasteiger partial charge on any atom is -0.383 e. The number of hydrogen-bond donors (Lipinski definition) is 2. The largest absolute Gasteiger partial charge is 0.383 e. The van der Waals surface area contributed by atoms with Gasteiger partial charge in [0.25, 0.3) is 0 Å². The minimum atomic E-state index is -0.444. The van der Waals surface area contributed by atoms with Crippen LogP contribution in [0.1, 0.15) is 12.8 Å². The van der Waals surface area contributed by atoms with E-state index in [0.717, 1.165) is 6.42 Å². The molecule has 0 aliphatic carbocycles. The molecule has 1 rings (SSSR count). The van der Waals surface area contributed by atoms with Gasteiger partial charge in [-0.3, -0.25) is 9.59 Å². The van der Waals surface area contributed by atoms with Gasteiger partial charge in [0.2, 0.25) is 11.8 Å². The van der Waals surface area contributed by atoms with Crippen molar-refractivity contribution in [2.45, 2.75) is 18.9 Å². The third kappa shape index (κ3) is 3.79. The maximum atomic E-state index is 11.6. The number of ether oxygens (including phenoxy) is 1. The van der Waals surface area contributed by atoms with Gasteiger partial charge in [-0.15, -0.1) is 0 Å². The Labute approximate surface area is 95.1 Å². The molecule has 0 bridgehead atoms. The van der Waals surface area contributed by atoms with Crippen LogP contribution < -0.4 is 11.1 Å². The van der Waals surface area contributed by atoms with Crippen molar-refractivity contribution in [2.75, 3.05) is 33.4 Å². The smallest absolute Gasteiger partial charge is 0.239 e. The third-order valence-corrected chi connectivity index (χ3v) is 2.53. The fraction of sp³-hybridized carbons (Fsp3) is 0.800. The Hall–Kier alpha value is -1.14. The topological polar surface area (TPSA) is 84.7 Å². The Bertz CT molecular complexity index is 258. The Morgan fingerprint density at radius 1 is 1.69 bits per heavy atom. The lowest BCUT2D eigenvalue weighted by atomic mass is 10.1. The first-order chi connectivity index (χ1) is 7.65. The van der Waals surface area contributed by atoms with E-state index in [1.54, 1.807) is 7.11 Å². The van der Waals surface area contributed by atoms with Crippen molar-refractivity contribution in [2.24, 2.45) is 5.73 Å². The van der Waals surface area contributed by atoms with Gasteiger partial charge in [-0.1, -0.05) is 0 Å². The fourth-order valence-electron chi connectivity index (χ4n) is 1.65. The molecular weight excluding hydrogens is 210 g/mol. The van der Waals surface area contributed by atoms with Crippen molar-refractivity contribution in [1.29, 1.82) is 0 Å². The van der Waals surface area contributed by atoms with Gasteiger partial charge in [-0.05, 0) is 12.8 Å². The van der Waals surface area contributed by atoms with Crippen molar-refractivity contribution in [3.63, 3.8) is 0 Å². The highest BCUT2D eigenvalue weighted by Crippen LogP contribution is 2.08. The predicted octanol–water partition coefficient (Wildman–Crippen LogP) is -1.30. The van der Waals surface area contributed by atoms with Gasteiger partial charge in [0.1, 0.15) is 0 Å². The van der Waals surface area contributed by atoms with Crippen molar-refractivity contribution in [1.82, 2.24) is 10.2 Å². The lowest BCUT2D eigenvalue weighted by molar-refractivity contribution is -0.139. The van der Waals surface area contributed by atoms with E-state index in [-0.39, 0.29) is 18.4 Å². The quantitative estimate of drug-likeness (QED) is 0.574. The highest BCUT2D eigenvalue weighted by Gasteiger charge is 2.26. The number of nitrogens with one attached hydrogen (secondary N) is 1. The Morgan fingerprint density at radius 2 is 2.44 bits per heavy atom. The second kappa shape index (κ2) is 6.44. The van der Waals surface area contributed by atoms with Crippen molar-refractivity contribution >= 4 is 11.8 Å². The van der Waals surface area contributed by atoms with E-state index >= 15 is 0 Å². The summed E-state index contributed by atoms with van der Waals surface area (Å²) in [7, 11) is 1.57. The van der Waals surface area contributed by atoms with Gasteiger partial charge in [-0.2, -0.15) is 0 Å². The molecule has 0 aromatic carbocycles. The summed E-state index contributed by atoms with van der Waals surface area (Å²) in [4.78, 5) is 24.5. The molecule has 0 radical (unpaired) electrons. The number of methoxy groups -OCH3 is 1. The van der Waals surface area contributed by atoms with Gasteiger partial charge in [0, 0.05) is 20.2 Å². The predicted molar refractivity (Wildman–Crippen MR) is 58.7 cm³/mol. The molecule has 2 amide bonds. The number of nitrogens with zero attached hydrogens (tertiary/aromatic N) is 1. The zero-order valence-electron chi connectivity index (χ0n) is 9.57. The number of carbonyl (C=O) groups is 2. The van der Waals surface area contributed by atoms with Crippen LogP contribution in [0.3, 0.4) is 0 Å². The summed E-state index contributed by atoms with van der Waals surface area (Å²) in [5.74, 6) is -0.298. The molecule has 0 spiro atoms. The summed E-state index contributed by atoms with van der Waals surface area (Å²) < 4.78 is 4.81. The second-order valence-corrected chi connectivity index (χ2v) is 3.85. The molecule has 1 unspecified atom stereocenters. The van der Waals surface area contributed by atoms with E-state index in [1.165, 1.54) is 4.90 Å². The second-order valence-electron chi connectivity index (χ2n) is 3.85. The van der Waals surface area contributed by atoms with E-state index < -0.39 is 6.04 Å². The van der Waals surface area contributed by atoms with Gasteiger partial charge in [0.05, 0.1) is 19.2 Å². The van der Waals surface area contributed by atoms with Crippen LogP contribution in [0.15, 0.2) is 0 Å². The first kappa shape index (κ1) is 12.9. The number of hydrogen-bond acceptors (Lipinski definition) is 4. The van der Waals surface area contributed by atoms with Crippen LogP contribution >= 0.6 is 0 Å². The van der Waals surface area contributed by atoms with Crippen LogP contribution in [0.4, 0.5) is 0 Å². The average Bonchev–Trinajstić information content (AvgIpc) is 2.25. The van der Waals surface area contributed by atoms with E-state index in [0.29, 0.717) is 26.1 Å². The molecule has 1 heterocycles. The Kier molecular flexibility index (Phi) is 5.21. The maximum absolute atomic E-state index is 11.6. The summed E-state index contributed by atoms with van der Waals surface area (Å²) in [6.45, 7) is 1.64. The van der Waals surface area contributed by atoms with Crippen LogP contribution in [0.5, 0.6) is 0 Å². The summed E-state index contributed by atoms with van der Waals surface area (Å²) in [6.07, 6.45) is 1.57. The number of piperidine rings is 1. The van der Waals surface area contributed by atoms with E-state index in [1.807, 2.05) is 0 Å². The molecule has 1 fully saturated rings. The normalized spacial score (nSPS) is 21.0. The minimum absolute atomic E-state index is 0.0935. The highest BCUT2D eigenvalue weighted by atomic mass is 16.5. The van der Waals surface area contributed by atoms with Gasteiger partial charge < -0.3 is 20.7 Å². The van der Waals surface area contributed by atoms with Crippen LogP contribution in [0.2, 0.25) is 0 Å². The van der Waals surface area contributed by atoms with Crippen LogP contribution in [-0.4, -0.2) is 56.1 Å². The van der Waals surface area contributed by atoms with Crippen molar-refractivity contribution in [3.05, 3.63) is 0 Å².